The molecule has 1 aromatic carbocycles. The molecule has 0 aliphatic rings. The van der Waals surface area contributed by atoms with Crippen LogP contribution < -0.4 is 0 Å². The molecule has 0 fully saturated rings. The van der Waals surface area contributed by atoms with Crippen molar-refractivity contribution in [2.45, 2.75) is 32.1 Å². The molecule has 0 saturated heterocycles. The third-order valence-electron chi connectivity index (χ3n) is 2.89. The first kappa shape index (κ1) is 14.1. The number of aromatic nitrogens is 3. The highest BCUT2D eigenvalue weighted by Crippen LogP contribution is 2.27. The fourth-order valence-electron chi connectivity index (χ4n) is 1.97. The molecule has 1 heterocycles. The zero-order valence-electron chi connectivity index (χ0n) is 10.9. The van der Waals surface area contributed by atoms with Crippen molar-refractivity contribution in [3.63, 3.8) is 0 Å². The summed E-state index contributed by atoms with van der Waals surface area (Å²) in [7, 11) is 0. The van der Waals surface area contributed by atoms with Gasteiger partial charge >= 0.3 is 0 Å². The second-order valence-electron chi connectivity index (χ2n) is 4.62. The minimum absolute atomic E-state index is 0.0855. The largest absolute Gasteiger partial charge is 0.308 e. The molecule has 1 aromatic heterocycles. The number of hydrogen-bond acceptors (Lipinski definition) is 2. The van der Waals surface area contributed by atoms with E-state index in [4.69, 9.17) is 0 Å². The van der Waals surface area contributed by atoms with Gasteiger partial charge in [-0.1, -0.05) is 15.9 Å². The van der Waals surface area contributed by atoms with Crippen LogP contribution in [0.15, 0.2) is 12.1 Å². The third kappa shape index (κ3) is 2.54. The van der Waals surface area contributed by atoms with Gasteiger partial charge in [-0.05, 0) is 32.4 Å². The molecule has 6 heteroatoms. The van der Waals surface area contributed by atoms with Gasteiger partial charge < -0.3 is 4.57 Å². The van der Waals surface area contributed by atoms with Crippen molar-refractivity contribution in [3.8, 4) is 11.4 Å². The van der Waals surface area contributed by atoms with Gasteiger partial charge in [0, 0.05) is 12.1 Å². The summed E-state index contributed by atoms with van der Waals surface area (Å²) in [5.41, 5.74) is 0.655. The van der Waals surface area contributed by atoms with Crippen LogP contribution in [0, 0.1) is 18.6 Å². The third-order valence-corrected chi connectivity index (χ3v) is 3.39. The average molecular weight is 330 g/mol. The molecular weight excluding hydrogens is 316 g/mol. The second kappa shape index (κ2) is 5.36. The van der Waals surface area contributed by atoms with Crippen molar-refractivity contribution in [2.75, 3.05) is 0 Å². The first-order chi connectivity index (χ1) is 8.95. The van der Waals surface area contributed by atoms with E-state index in [-0.39, 0.29) is 11.6 Å². The van der Waals surface area contributed by atoms with E-state index in [1.54, 1.807) is 6.92 Å². The summed E-state index contributed by atoms with van der Waals surface area (Å²) >= 11 is 3.33. The number of hydrogen-bond donors (Lipinski definition) is 0. The van der Waals surface area contributed by atoms with Crippen LogP contribution in [0.1, 0.15) is 31.3 Å². The molecule has 102 valence electrons. The van der Waals surface area contributed by atoms with Crippen LogP contribution in [0.5, 0.6) is 0 Å². The lowest BCUT2D eigenvalue weighted by molar-refractivity contribution is 0.568. The topological polar surface area (TPSA) is 30.7 Å². The lowest BCUT2D eigenvalue weighted by atomic mass is 10.1. The molecule has 2 rings (SSSR count). The van der Waals surface area contributed by atoms with E-state index in [0.29, 0.717) is 22.5 Å². The highest BCUT2D eigenvalue weighted by atomic mass is 79.9. The Hall–Kier alpha value is -1.30. The van der Waals surface area contributed by atoms with Crippen LogP contribution in [-0.4, -0.2) is 14.8 Å². The lowest BCUT2D eigenvalue weighted by Crippen LogP contribution is -2.08. The van der Waals surface area contributed by atoms with E-state index >= 15 is 0 Å². The van der Waals surface area contributed by atoms with Crippen molar-refractivity contribution in [1.29, 1.82) is 0 Å². The van der Waals surface area contributed by atoms with Gasteiger partial charge in [0.1, 0.15) is 17.5 Å². The standard InChI is InChI=1S/C13H14BrF2N3/c1-7(2)19-12(6-14)17-18-13(19)9-4-8(3)10(15)5-11(9)16/h4-5,7H,6H2,1-3H3. The van der Waals surface area contributed by atoms with Crippen LogP contribution in [-0.2, 0) is 5.33 Å². The molecule has 0 atom stereocenters. The van der Waals surface area contributed by atoms with Crippen LogP contribution in [0.4, 0.5) is 8.78 Å². The molecule has 0 spiro atoms. The quantitative estimate of drug-likeness (QED) is 0.796. The Kier molecular flexibility index (Phi) is 3.99. The number of benzene rings is 1. The van der Waals surface area contributed by atoms with Gasteiger partial charge in [0.25, 0.3) is 0 Å². The Labute approximate surface area is 118 Å². The molecule has 0 aliphatic carbocycles. The number of alkyl halides is 1. The zero-order chi connectivity index (χ0) is 14.2. The Morgan fingerprint density at radius 2 is 1.89 bits per heavy atom. The molecule has 3 nitrogen and oxygen atoms in total. The average Bonchev–Trinajstić information content (AvgIpc) is 2.77. The SMILES string of the molecule is Cc1cc(-c2nnc(CBr)n2C(C)C)c(F)cc1F. The van der Waals surface area contributed by atoms with Crippen molar-refractivity contribution in [1.82, 2.24) is 14.8 Å². The normalized spacial score (nSPS) is 11.3. The minimum Gasteiger partial charge on any atom is -0.308 e. The Bertz CT molecular complexity index is 608. The molecule has 0 saturated carbocycles. The minimum atomic E-state index is -0.626. The predicted molar refractivity (Wildman–Crippen MR) is 73.1 cm³/mol. The van der Waals surface area contributed by atoms with Gasteiger partial charge in [0.05, 0.1) is 10.9 Å². The zero-order valence-corrected chi connectivity index (χ0v) is 12.5. The summed E-state index contributed by atoms with van der Waals surface area (Å²) in [5, 5.41) is 8.59. The highest BCUT2D eigenvalue weighted by Gasteiger charge is 2.19. The summed E-state index contributed by atoms with van der Waals surface area (Å²) in [4.78, 5) is 0. The van der Waals surface area contributed by atoms with E-state index in [1.165, 1.54) is 6.07 Å². The van der Waals surface area contributed by atoms with Crippen molar-refractivity contribution in [3.05, 3.63) is 35.2 Å². The number of rotatable bonds is 3. The lowest BCUT2D eigenvalue weighted by Gasteiger charge is -2.14. The van der Waals surface area contributed by atoms with Crippen LogP contribution in [0.2, 0.25) is 0 Å². The van der Waals surface area contributed by atoms with Gasteiger partial charge in [-0.15, -0.1) is 10.2 Å². The number of nitrogens with zero attached hydrogens (tertiary/aromatic N) is 3. The van der Waals surface area contributed by atoms with Crippen molar-refractivity contribution in [2.24, 2.45) is 0 Å². The number of aryl methyl sites for hydroxylation is 1. The Balaban J connectivity index is 2.65. The maximum atomic E-state index is 13.9. The van der Waals surface area contributed by atoms with E-state index in [9.17, 15) is 8.78 Å². The fraction of sp³-hybridized carbons (Fsp3) is 0.385. The predicted octanol–water partition coefficient (Wildman–Crippen LogP) is 4.01. The monoisotopic (exact) mass is 329 g/mol. The summed E-state index contributed by atoms with van der Waals surface area (Å²) in [5.74, 6) is -0.0486. The Morgan fingerprint density at radius 3 is 2.47 bits per heavy atom. The van der Waals surface area contributed by atoms with E-state index in [0.717, 1.165) is 6.07 Å². The first-order valence-electron chi connectivity index (χ1n) is 5.91. The van der Waals surface area contributed by atoms with Crippen LogP contribution >= 0.6 is 15.9 Å². The van der Waals surface area contributed by atoms with Gasteiger partial charge in [0.2, 0.25) is 0 Å². The van der Waals surface area contributed by atoms with Crippen molar-refractivity contribution < 1.29 is 8.78 Å². The van der Waals surface area contributed by atoms with E-state index < -0.39 is 11.6 Å². The van der Waals surface area contributed by atoms with Crippen molar-refractivity contribution >= 4 is 15.9 Å². The first-order valence-corrected chi connectivity index (χ1v) is 7.03. The maximum absolute atomic E-state index is 13.9. The fourth-order valence-corrected chi connectivity index (χ4v) is 2.35. The molecule has 0 unspecified atom stereocenters. The molecule has 0 amide bonds. The molecule has 0 aliphatic heterocycles. The molecule has 19 heavy (non-hydrogen) atoms. The van der Waals surface area contributed by atoms with Gasteiger partial charge in [-0.3, -0.25) is 0 Å². The summed E-state index contributed by atoms with van der Waals surface area (Å²) in [6, 6.07) is 2.44. The maximum Gasteiger partial charge on any atom is 0.167 e. The second-order valence-corrected chi connectivity index (χ2v) is 5.18. The molecule has 0 bridgehead atoms. The van der Waals surface area contributed by atoms with E-state index in [1.807, 2.05) is 18.4 Å². The molecule has 0 radical (unpaired) electrons. The highest BCUT2D eigenvalue weighted by molar-refractivity contribution is 9.08. The van der Waals surface area contributed by atoms with Gasteiger partial charge in [-0.2, -0.15) is 0 Å². The summed E-state index contributed by atoms with van der Waals surface area (Å²) in [6.45, 7) is 5.53. The number of halogens is 3. The molecule has 0 N–H and O–H groups in total. The van der Waals surface area contributed by atoms with Gasteiger partial charge in [0.15, 0.2) is 5.82 Å². The van der Waals surface area contributed by atoms with Crippen LogP contribution in [0.3, 0.4) is 0 Å². The summed E-state index contributed by atoms with van der Waals surface area (Å²) in [6.07, 6.45) is 0. The molecule has 2 aromatic rings. The van der Waals surface area contributed by atoms with Crippen LogP contribution in [0.25, 0.3) is 11.4 Å². The smallest absolute Gasteiger partial charge is 0.167 e. The van der Waals surface area contributed by atoms with Gasteiger partial charge in [-0.25, -0.2) is 8.78 Å². The summed E-state index contributed by atoms with van der Waals surface area (Å²) < 4.78 is 29.1. The van der Waals surface area contributed by atoms with E-state index in [2.05, 4.69) is 26.1 Å². The Morgan fingerprint density at radius 1 is 1.21 bits per heavy atom. The molecular formula is C13H14BrF2N3.